The monoisotopic (exact) mass is 184 g/mol. The average Bonchev–Trinajstić information content (AvgIpc) is 1.00. The molecule has 0 atom stereocenters. The molecule has 6 heavy (non-hydrogen) atoms. The molecule has 0 aromatic rings. The number of hydrogen-bond acceptors (Lipinski definition) is 1. The van der Waals surface area contributed by atoms with Crippen LogP contribution in [-0.4, -0.2) is 7.11 Å². The van der Waals surface area contributed by atoms with Gasteiger partial charge in [0.25, 0.3) is 0 Å². The Labute approximate surface area is 71.0 Å². The molecule has 0 heterocycles. The normalized spacial score (nSPS) is 1.00. The zero-order valence-corrected chi connectivity index (χ0v) is 6.87. The van der Waals surface area contributed by atoms with Crippen molar-refractivity contribution in [2.45, 2.75) is 0 Å². The molecule has 0 saturated heterocycles. The molecule has 0 aliphatic heterocycles. The summed E-state index contributed by atoms with van der Waals surface area (Å²) < 4.78 is 0. The van der Waals surface area contributed by atoms with Crippen LogP contribution in [-0.2, 0) is 21.7 Å². The maximum absolute atomic E-state index is 8.25. The standard InChI is InChI=1S/CH3O.3ClH.Ti/c1-2;;;;/h1H3;3*1H;/q-1;;;;+4/p-3. The second-order valence-corrected chi connectivity index (χ2v) is 0. The molecule has 0 rings (SSSR count). The van der Waals surface area contributed by atoms with Crippen LogP contribution in [0.3, 0.4) is 0 Å². The minimum Gasteiger partial charge on any atom is -1.00 e. The van der Waals surface area contributed by atoms with Crippen molar-refractivity contribution >= 4 is 0 Å². The van der Waals surface area contributed by atoms with E-state index in [1.807, 2.05) is 0 Å². The van der Waals surface area contributed by atoms with Crippen LogP contribution < -0.4 is 42.3 Å². The molecule has 38 valence electrons. The van der Waals surface area contributed by atoms with E-state index in [0.717, 1.165) is 7.11 Å². The van der Waals surface area contributed by atoms with Crippen molar-refractivity contribution in [1.29, 1.82) is 0 Å². The summed E-state index contributed by atoms with van der Waals surface area (Å²) in [7, 11) is 0.750. The van der Waals surface area contributed by atoms with E-state index in [4.69, 9.17) is 5.11 Å². The molecular formula is CH3Cl3OTi. The fourth-order valence-electron chi connectivity index (χ4n) is 0. The second kappa shape index (κ2) is 84.4. The van der Waals surface area contributed by atoms with Gasteiger partial charge < -0.3 is 42.3 Å². The van der Waals surface area contributed by atoms with Gasteiger partial charge in [0, 0.05) is 0 Å². The van der Waals surface area contributed by atoms with Gasteiger partial charge in [-0.3, -0.25) is 0 Å². The van der Waals surface area contributed by atoms with Gasteiger partial charge in [-0.25, -0.2) is 0 Å². The van der Waals surface area contributed by atoms with Gasteiger partial charge in [0.1, 0.15) is 0 Å². The zero-order valence-electron chi connectivity index (χ0n) is 3.04. The molecule has 0 radical (unpaired) electrons. The van der Waals surface area contributed by atoms with Crippen molar-refractivity contribution < 1.29 is 64.0 Å². The topological polar surface area (TPSA) is 23.1 Å². The van der Waals surface area contributed by atoms with Gasteiger partial charge in [-0.1, -0.05) is 0 Å². The Morgan fingerprint density at radius 3 is 0.833 bits per heavy atom. The fourth-order valence-corrected chi connectivity index (χ4v) is 0. The van der Waals surface area contributed by atoms with Gasteiger partial charge in [-0.15, -0.1) is 0 Å². The van der Waals surface area contributed by atoms with Crippen molar-refractivity contribution in [3.8, 4) is 0 Å². The largest absolute Gasteiger partial charge is 4.00 e. The summed E-state index contributed by atoms with van der Waals surface area (Å²) in [5, 5.41) is 8.25. The molecule has 0 fully saturated rings. The van der Waals surface area contributed by atoms with Crippen LogP contribution in [0, 0.1) is 0 Å². The Morgan fingerprint density at radius 2 is 0.833 bits per heavy atom. The van der Waals surface area contributed by atoms with Crippen LogP contribution in [0.2, 0.25) is 0 Å². The van der Waals surface area contributed by atoms with E-state index in [-0.39, 0.29) is 58.9 Å². The third-order valence-corrected chi connectivity index (χ3v) is 0. The first-order chi connectivity index (χ1) is 1.00. The summed E-state index contributed by atoms with van der Waals surface area (Å²) in [6.45, 7) is 0. The summed E-state index contributed by atoms with van der Waals surface area (Å²) in [6.07, 6.45) is 0. The predicted octanol–water partition coefficient (Wildman–Crippen LogP) is -10.0. The van der Waals surface area contributed by atoms with Crippen LogP contribution in [0.5, 0.6) is 0 Å². The molecule has 0 aliphatic rings. The first-order valence-corrected chi connectivity index (χ1v) is 0.408. The van der Waals surface area contributed by atoms with E-state index in [2.05, 4.69) is 0 Å². The van der Waals surface area contributed by atoms with Gasteiger partial charge in [0.05, 0.1) is 0 Å². The smallest absolute Gasteiger partial charge is 1.00 e. The SMILES string of the molecule is C[O-].[Cl-].[Cl-].[Cl-].[Ti+4]. The van der Waals surface area contributed by atoms with E-state index in [1.54, 1.807) is 0 Å². The molecule has 0 spiro atoms. The summed E-state index contributed by atoms with van der Waals surface area (Å²) >= 11 is 0. The fraction of sp³-hybridized carbons (Fsp3) is 1.00. The third-order valence-electron chi connectivity index (χ3n) is 0. The maximum atomic E-state index is 8.25. The van der Waals surface area contributed by atoms with Crippen LogP contribution in [0.15, 0.2) is 0 Å². The van der Waals surface area contributed by atoms with Crippen molar-refractivity contribution in [3.05, 3.63) is 0 Å². The van der Waals surface area contributed by atoms with E-state index in [1.165, 1.54) is 0 Å². The predicted molar refractivity (Wildman–Crippen MR) is 5.92 cm³/mol. The Balaban J connectivity index is -0.000000000833. The molecule has 0 aliphatic carbocycles. The van der Waals surface area contributed by atoms with Gasteiger partial charge in [0.2, 0.25) is 0 Å². The van der Waals surface area contributed by atoms with Crippen LogP contribution in [0.1, 0.15) is 0 Å². The van der Waals surface area contributed by atoms with Gasteiger partial charge >= 0.3 is 21.7 Å². The Kier molecular flexibility index (Phi) is 702. The number of halogens is 3. The first kappa shape index (κ1) is 49.9. The van der Waals surface area contributed by atoms with Crippen molar-refractivity contribution in [2.24, 2.45) is 0 Å². The quantitative estimate of drug-likeness (QED) is 0.344. The number of hydrogen-bond donors (Lipinski definition) is 0. The van der Waals surface area contributed by atoms with E-state index < -0.39 is 0 Å². The Bertz CT molecular complexity index is 10.8. The summed E-state index contributed by atoms with van der Waals surface area (Å²) in [5.41, 5.74) is 0. The van der Waals surface area contributed by atoms with Crippen LogP contribution in [0.25, 0.3) is 0 Å². The zero-order chi connectivity index (χ0) is 2.00. The summed E-state index contributed by atoms with van der Waals surface area (Å²) in [5.74, 6) is 0. The van der Waals surface area contributed by atoms with Gasteiger partial charge in [0.15, 0.2) is 0 Å². The molecule has 0 aromatic heterocycles. The first-order valence-electron chi connectivity index (χ1n) is 0.408. The van der Waals surface area contributed by atoms with E-state index >= 15 is 0 Å². The van der Waals surface area contributed by atoms with Gasteiger partial charge in [-0.05, 0) is 0 Å². The minimum atomic E-state index is 0. The molecule has 0 amide bonds. The van der Waals surface area contributed by atoms with Crippen molar-refractivity contribution in [3.63, 3.8) is 0 Å². The molecule has 0 bridgehead atoms. The molecule has 1 nitrogen and oxygen atoms in total. The van der Waals surface area contributed by atoms with Crippen LogP contribution in [0.4, 0.5) is 0 Å². The molecule has 0 N–H and O–H groups in total. The van der Waals surface area contributed by atoms with Crippen LogP contribution >= 0.6 is 0 Å². The Hall–Kier alpha value is 1.54. The second-order valence-electron chi connectivity index (χ2n) is 0. The third kappa shape index (κ3) is 48.0. The van der Waals surface area contributed by atoms with Crippen molar-refractivity contribution in [2.75, 3.05) is 7.11 Å². The van der Waals surface area contributed by atoms with Gasteiger partial charge in [-0.2, -0.15) is 7.11 Å². The summed E-state index contributed by atoms with van der Waals surface area (Å²) in [6, 6.07) is 0. The molecule has 5 heteroatoms. The van der Waals surface area contributed by atoms with E-state index in [0.29, 0.717) is 0 Å². The molecule has 0 unspecified atom stereocenters. The average molecular weight is 185 g/mol. The molecular weight excluding hydrogens is 182 g/mol. The van der Waals surface area contributed by atoms with E-state index in [9.17, 15) is 0 Å². The Morgan fingerprint density at radius 1 is 0.833 bits per heavy atom. The summed E-state index contributed by atoms with van der Waals surface area (Å²) in [4.78, 5) is 0. The number of rotatable bonds is 0. The molecule has 0 aromatic carbocycles. The van der Waals surface area contributed by atoms with Crippen molar-refractivity contribution in [1.82, 2.24) is 0 Å². The maximum Gasteiger partial charge on any atom is 4.00 e. The minimum absolute atomic E-state index is 0. The molecule has 0 saturated carbocycles.